The van der Waals surface area contributed by atoms with Gasteiger partial charge in [0.25, 0.3) is 0 Å². The summed E-state index contributed by atoms with van der Waals surface area (Å²) in [6.07, 6.45) is 0. The summed E-state index contributed by atoms with van der Waals surface area (Å²) in [6, 6.07) is 19.0. The van der Waals surface area contributed by atoms with Crippen molar-refractivity contribution in [1.29, 1.82) is 0 Å². The van der Waals surface area contributed by atoms with Crippen LogP contribution in [0.1, 0.15) is 11.1 Å². The van der Waals surface area contributed by atoms with Crippen LogP contribution in [0.3, 0.4) is 0 Å². The minimum Gasteiger partial charge on any atom is -0.307 e. The topological polar surface area (TPSA) is 55.9 Å². The molecule has 0 unspecified atom stereocenters. The standard InChI is InChI=1S/C19H20N4O2/c1-21-16(24)20-18(14-10-6-4-7-11-14)19(21,15-12-8-5-9-13-15)23(3)17(25)22(18)2/h4-13H,1-3H3,(H,20,24)/t18-,19+/m1/s1. The first kappa shape index (κ1) is 15.5. The first-order valence-electron chi connectivity index (χ1n) is 8.16. The first-order chi connectivity index (χ1) is 12.0. The number of carbonyl (C=O) groups excluding carboxylic acids is 2. The average molecular weight is 336 g/mol. The van der Waals surface area contributed by atoms with E-state index in [1.807, 2.05) is 60.7 Å². The molecule has 1 N–H and O–H groups in total. The van der Waals surface area contributed by atoms with Gasteiger partial charge in [0.15, 0.2) is 11.3 Å². The Bertz CT molecular complexity index is 841. The van der Waals surface area contributed by atoms with E-state index < -0.39 is 11.3 Å². The SMILES string of the molecule is CN1C(=O)N[C@]2(c3ccccc3)N(C)C(=O)N(C)[C@]12c1ccccc1. The third-order valence-corrected chi connectivity index (χ3v) is 5.51. The summed E-state index contributed by atoms with van der Waals surface area (Å²) in [4.78, 5) is 30.7. The number of benzene rings is 2. The number of rotatable bonds is 2. The molecule has 0 aliphatic carbocycles. The number of hydrogen-bond donors (Lipinski definition) is 1. The van der Waals surface area contributed by atoms with Crippen molar-refractivity contribution in [2.45, 2.75) is 11.3 Å². The van der Waals surface area contributed by atoms with Gasteiger partial charge in [0.05, 0.1) is 0 Å². The number of likely N-dealkylation sites (N-methyl/N-ethyl adjacent to an activating group) is 3. The Balaban J connectivity index is 2.11. The lowest BCUT2D eigenvalue weighted by molar-refractivity contribution is -0.00880. The van der Waals surface area contributed by atoms with Crippen LogP contribution in [0, 0.1) is 0 Å². The summed E-state index contributed by atoms with van der Waals surface area (Å²) in [5.41, 5.74) is -0.275. The van der Waals surface area contributed by atoms with Crippen molar-refractivity contribution in [2.75, 3.05) is 21.1 Å². The number of urea groups is 2. The molecular formula is C19H20N4O2. The van der Waals surface area contributed by atoms with Crippen LogP contribution in [0.2, 0.25) is 0 Å². The molecule has 0 radical (unpaired) electrons. The van der Waals surface area contributed by atoms with Crippen LogP contribution in [0.5, 0.6) is 0 Å². The number of nitrogens with one attached hydrogen (secondary N) is 1. The fraction of sp³-hybridized carbons (Fsp3) is 0.263. The van der Waals surface area contributed by atoms with Gasteiger partial charge in [-0.1, -0.05) is 60.7 Å². The number of hydrogen-bond acceptors (Lipinski definition) is 2. The highest BCUT2D eigenvalue weighted by atomic mass is 16.2. The van der Waals surface area contributed by atoms with Crippen LogP contribution in [0.4, 0.5) is 9.59 Å². The van der Waals surface area contributed by atoms with E-state index in [1.54, 1.807) is 35.8 Å². The molecule has 2 aromatic carbocycles. The van der Waals surface area contributed by atoms with E-state index in [1.165, 1.54) is 0 Å². The summed E-state index contributed by atoms with van der Waals surface area (Å²) in [5, 5.41) is 3.10. The van der Waals surface area contributed by atoms with Gasteiger partial charge in [0.2, 0.25) is 0 Å². The minimum absolute atomic E-state index is 0.153. The zero-order valence-electron chi connectivity index (χ0n) is 14.4. The van der Waals surface area contributed by atoms with E-state index in [9.17, 15) is 9.59 Å². The van der Waals surface area contributed by atoms with Crippen molar-refractivity contribution in [2.24, 2.45) is 0 Å². The molecule has 6 heteroatoms. The fourth-order valence-corrected chi connectivity index (χ4v) is 4.42. The van der Waals surface area contributed by atoms with Gasteiger partial charge >= 0.3 is 12.1 Å². The second kappa shape index (κ2) is 4.99. The Morgan fingerprint density at radius 3 is 1.80 bits per heavy atom. The zero-order valence-corrected chi connectivity index (χ0v) is 14.4. The number of fused-ring (bicyclic) bond motifs is 1. The van der Waals surface area contributed by atoms with Crippen molar-refractivity contribution in [3.05, 3.63) is 71.8 Å². The maximum atomic E-state index is 13.0. The molecule has 25 heavy (non-hydrogen) atoms. The minimum atomic E-state index is -1.02. The Morgan fingerprint density at radius 1 is 0.720 bits per heavy atom. The smallest absolute Gasteiger partial charge is 0.307 e. The molecule has 128 valence electrons. The maximum Gasteiger partial charge on any atom is 0.324 e. The van der Waals surface area contributed by atoms with Crippen LogP contribution in [-0.4, -0.2) is 47.9 Å². The molecule has 2 atom stereocenters. The Kier molecular flexibility index (Phi) is 3.09. The van der Waals surface area contributed by atoms with E-state index >= 15 is 0 Å². The van der Waals surface area contributed by atoms with Crippen LogP contribution in [0.25, 0.3) is 0 Å². The third-order valence-electron chi connectivity index (χ3n) is 5.51. The molecule has 0 aromatic heterocycles. The normalized spacial score (nSPS) is 28.4. The Hall–Kier alpha value is -3.02. The highest BCUT2D eigenvalue weighted by molar-refractivity contribution is 5.89. The Labute approximate surface area is 146 Å². The van der Waals surface area contributed by atoms with Gasteiger partial charge in [0.1, 0.15) is 0 Å². The molecular weight excluding hydrogens is 316 g/mol. The first-order valence-corrected chi connectivity index (χ1v) is 8.16. The Morgan fingerprint density at radius 2 is 1.24 bits per heavy atom. The summed E-state index contributed by atoms with van der Waals surface area (Å²) >= 11 is 0. The molecule has 2 fully saturated rings. The van der Waals surface area contributed by atoms with Gasteiger partial charge in [-0.15, -0.1) is 0 Å². The lowest BCUT2D eigenvalue weighted by Gasteiger charge is -2.46. The molecule has 2 heterocycles. The summed E-state index contributed by atoms with van der Waals surface area (Å²) < 4.78 is 0. The molecule has 4 rings (SSSR count). The van der Waals surface area contributed by atoms with E-state index in [-0.39, 0.29) is 12.1 Å². The molecule has 2 aliphatic heterocycles. The summed E-state index contributed by atoms with van der Waals surface area (Å²) in [5.74, 6) is 0. The lowest BCUT2D eigenvalue weighted by atomic mass is 9.81. The largest absolute Gasteiger partial charge is 0.324 e. The highest BCUT2D eigenvalue weighted by Gasteiger charge is 2.74. The van der Waals surface area contributed by atoms with Gasteiger partial charge in [0, 0.05) is 32.3 Å². The summed E-state index contributed by atoms with van der Waals surface area (Å²) in [7, 11) is 5.21. The quantitative estimate of drug-likeness (QED) is 0.915. The van der Waals surface area contributed by atoms with Crippen LogP contribution >= 0.6 is 0 Å². The van der Waals surface area contributed by atoms with E-state index in [4.69, 9.17) is 0 Å². The zero-order chi connectivity index (χ0) is 17.8. The van der Waals surface area contributed by atoms with E-state index in [0.717, 1.165) is 11.1 Å². The van der Waals surface area contributed by atoms with Crippen LogP contribution in [0.15, 0.2) is 60.7 Å². The molecule has 2 aromatic rings. The molecule has 0 spiro atoms. The summed E-state index contributed by atoms with van der Waals surface area (Å²) in [6.45, 7) is 0. The van der Waals surface area contributed by atoms with Gasteiger partial charge in [-0.05, 0) is 0 Å². The second-order valence-corrected chi connectivity index (χ2v) is 6.50. The van der Waals surface area contributed by atoms with Crippen LogP contribution < -0.4 is 5.32 Å². The van der Waals surface area contributed by atoms with Crippen molar-refractivity contribution in [3.63, 3.8) is 0 Å². The molecule has 4 amide bonds. The molecule has 2 saturated heterocycles. The highest BCUT2D eigenvalue weighted by Crippen LogP contribution is 2.56. The monoisotopic (exact) mass is 336 g/mol. The molecule has 0 saturated carbocycles. The van der Waals surface area contributed by atoms with Crippen molar-refractivity contribution < 1.29 is 9.59 Å². The van der Waals surface area contributed by atoms with E-state index in [0.29, 0.717) is 0 Å². The third kappa shape index (κ3) is 1.59. The molecule has 2 aliphatic rings. The van der Waals surface area contributed by atoms with Gasteiger partial charge < -0.3 is 5.32 Å². The number of carbonyl (C=O) groups is 2. The number of nitrogens with zero attached hydrogens (tertiary/aromatic N) is 3. The predicted molar refractivity (Wildman–Crippen MR) is 93.5 cm³/mol. The lowest BCUT2D eigenvalue weighted by Crippen LogP contribution is -2.61. The second-order valence-electron chi connectivity index (χ2n) is 6.50. The van der Waals surface area contributed by atoms with Crippen LogP contribution in [-0.2, 0) is 11.3 Å². The molecule has 6 nitrogen and oxygen atoms in total. The van der Waals surface area contributed by atoms with E-state index in [2.05, 4.69) is 5.32 Å². The van der Waals surface area contributed by atoms with Crippen molar-refractivity contribution >= 4 is 12.1 Å². The average Bonchev–Trinajstić information content (AvgIpc) is 2.99. The van der Waals surface area contributed by atoms with Gasteiger partial charge in [-0.2, -0.15) is 0 Å². The molecule has 0 bridgehead atoms. The predicted octanol–water partition coefficient (Wildman–Crippen LogP) is 2.34. The number of amides is 4. The van der Waals surface area contributed by atoms with Gasteiger partial charge in [-0.25, -0.2) is 9.59 Å². The van der Waals surface area contributed by atoms with Crippen molar-refractivity contribution in [3.8, 4) is 0 Å². The van der Waals surface area contributed by atoms with Crippen molar-refractivity contribution in [1.82, 2.24) is 20.0 Å². The van der Waals surface area contributed by atoms with Gasteiger partial charge in [-0.3, -0.25) is 14.7 Å². The maximum absolute atomic E-state index is 13.0. The fourth-order valence-electron chi connectivity index (χ4n) is 4.42.